The molecule has 1 N–H and O–H groups in total. The van der Waals surface area contributed by atoms with E-state index in [-0.39, 0.29) is 30.2 Å². The Labute approximate surface area is 145 Å². The molecule has 2 aromatic rings. The van der Waals surface area contributed by atoms with Crippen molar-refractivity contribution in [1.29, 1.82) is 0 Å². The lowest BCUT2D eigenvalue weighted by molar-refractivity contribution is -0.117. The highest BCUT2D eigenvalue weighted by atomic mass is 16.2. The van der Waals surface area contributed by atoms with Gasteiger partial charge in [-0.3, -0.25) is 14.4 Å². The molecule has 25 heavy (non-hydrogen) atoms. The van der Waals surface area contributed by atoms with E-state index in [4.69, 9.17) is 0 Å². The number of hydrogen-bond acceptors (Lipinski definition) is 3. The zero-order valence-corrected chi connectivity index (χ0v) is 13.9. The quantitative estimate of drug-likeness (QED) is 0.878. The Morgan fingerprint density at radius 2 is 1.88 bits per heavy atom. The molecule has 0 aromatic heterocycles. The second-order valence-electron chi connectivity index (χ2n) is 6.62. The maximum atomic E-state index is 12.9. The van der Waals surface area contributed by atoms with Gasteiger partial charge in [-0.2, -0.15) is 0 Å². The van der Waals surface area contributed by atoms with Crippen LogP contribution in [-0.4, -0.2) is 23.8 Å². The summed E-state index contributed by atoms with van der Waals surface area (Å²) in [4.78, 5) is 39.0. The first kappa shape index (κ1) is 15.6. The smallest absolute Gasteiger partial charge is 0.265 e. The number of carbonyl (C=O) groups excluding carboxylic acids is 3. The molecular weight excluding hydrogens is 316 g/mol. The molecule has 5 nitrogen and oxygen atoms in total. The van der Waals surface area contributed by atoms with Crippen molar-refractivity contribution in [2.45, 2.75) is 32.2 Å². The summed E-state index contributed by atoms with van der Waals surface area (Å²) in [5.41, 5.74) is 3.01. The van der Waals surface area contributed by atoms with Crippen LogP contribution in [0, 0.1) is 6.92 Å². The van der Waals surface area contributed by atoms with Crippen LogP contribution < -0.4 is 10.2 Å². The maximum Gasteiger partial charge on any atom is 0.265 e. The summed E-state index contributed by atoms with van der Waals surface area (Å²) in [7, 11) is 0. The lowest BCUT2D eigenvalue weighted by atomic mass is 9.97. The average Bonchev–Trinajstić information content (AvgIpc) is 3.40. The summed E-state index contributed by atoms with van der Waals surface area (Å²) in [5, 5.41) is 2.93. The van der Waals surface area contributed by atoms with E-state index in [1.54, 1.807) is 36.4 Å². The van der Waals surface area contributed by atoms with Gasteiger partial charge >= 0.3 is 0 Å². The lowest BCUT2D eigenvalue weighted by Crippen LogP contribution is -2.43. The Balaban J connectivity index is 1.72. The van der Waals surface area contributed by atoms with Crippen molar-refractivity contribution in [3.05, 3.63) is 64.7 Å². The Hall–Kier alpha value is -2.95. The standard InChI is InChI=1S/C20H18N2O3/c1-12-6-7-14(19(24)21-15-8-9-15)10-17(12)22-18(23)11-13-4-2-3-5-16(13)20(22)25/h2-7,10,15H,8-9,11H2,1H3,(H,21,24). The first-order chi connectivity index (χ1) is 12.0. The summed E-state index contributed by atoms with van der Waals surface area (Å²) in [6.07, 6.45) is 2.19. The van der Waals surface area contributed by atoms with Gasteiger partial charge in [0.2, 0.25) is 5.91 Å². The molecule has 0 spiro atoms. The molecule has 1 fully saturated rings. The highest BCUT2D eigenvalue weighted by Gasteiger charge is 2.33. The van der Waals surface area contributed by atoms with Gasteiger partial charge in [0, 0.05) is 17.2 Å². The first-order valence-corrected chi connectivity index (χ1v) is 8.41. The highest BCUT2D eigenvalue weighted by Crippen LogP contribution is 2.29. The summed E-state index contributed by atoms with van der Waals surface area (Å²) >= 11 is 0. The number of imide groups is 1. The summed E-state index contributed by atoms with van der Waals surface area (Å²) in [6, 6.07) is 12.5. The van der Waals surface area contributed by atoms with E-state index >= 15 is 0 Å². The monoisotopic (exact) mass is 334 g/mol. The third kappa shape index (κ3) is 2.82. The predicted octanol–water partition coefficient (Wildman–Crippen LogP) is 2.62. The molecular formula is C20H18N2O3. The lowest BCUT2D eigenvalue weighted by Gasteiger charge is -2.28. The number of nitrogens with zero attached hydrogens (tertiary/aromatic N) is 1. The van der Waals surface area contributed by atoms with Crippen LogP contribution in [-0.2, 0) is 11.2 Å². The highest BCUT2D eigenvalue weighted by molar-refractivity contribution is 6.25. The molecule has 0 atom stereocenters. The molecule has 0 unspecified atom stereocenters. The van der Waals surface area contributed by atoms with Crippen LogP contribution >= 0.6 is 0 Å². The van der Waals surface area contributed by atoms with Crippen LogP contribution in [0.2, 0.25) is 0 Å². The van der Waals surface area contributed by atoms with Gasteiger partial charge in [-0.05, 0) is 49.1 Å². The van der Waals surface area contributed by atoms with Gasteiger partial charge in [-0.15, -0.1) is 0 Å². The summed E-state index contributed by atoms with van der Waals surface area (Å²) in [6.45, 7) is 1.83. The van der Waals surface area contributed by atoms with Crippen LogP contribution in [0.1, 0.15) is 44.7 Å². The number of nitrogens with one attached hydrogen (secondary N) is 1. The maximum absolute atomic E-state index is 12.9. The molecule has 0 saturated heterocycles. The number of carbonyl (C=O) groups is 3. The Morgan fingerprint density at radius 1 is 1.12 bits per heavy atom. The SMILES string of the molecule is Cc1ccc(C(=O)NC2CC2)cc1N1C(=O)Cc2ccccc2C1=O. The number of rotatable bonds is 3. The minimum absolute atomic E-state index is 0.166. The van der Waals surface area contributed by atoms with E-state index in [0.717, 1.165) is 24.0 Å². The number of anilines is 1. The van der Waals surface area contributed by atoms with Crippen molar-refractivity contribution < 1.29 is 14.4 Å². The molecule has 2 aliphatic rings. The zero-order valence-electron chi connectivity index (χ0n) is 13.9. The third-order valence-electron chi connectivity index (χ3n) is 4.67. The molecule has 0 radical (unpaired) electrons. The molecule has 2 aromatic carbocycles. The fourth-order valence-corrected chi connectivity index (χ4v) is 3.09. The second kappa shape index (κ2) is 5.84. The second-order valence-corrected chi connectivity index (χ2v) is 6.62. The normalized spacial score (nSPS) is 16.6. The minimum Gasteiger partial charge on any atom is -0.349 e. The Bertz CT molecular complexity index is 900. The van der Waals surface area contributed by atoms with Crippen LogP contribution in [0.25, 0.3) is 0 Å². The molecule has 1 aliphatic carbocycles. The van der Waals surface area contributed by atoms with Crippen LogP contribution in [0.3, 0.4) is 0 Å². The largest absolute Gasteiger partial charge is 0.349 e. The molecule has 4 rings (SSSR count). The number of aryl methyl sites for hydroxylation is 1. The van der Waals surface area contributed by atoms with E-state index in [0.29, 0.717) is 16.8 Å². The van der Waals surface area contributed by atoms with E-state index in [1.807, 2.05) is 13.0 Å². The average molecular weight is 334 g/mol. The fraction of sp³-hybridized carbons (Fsp3) is 0.250. The number of benzene rings is 2. The van der Waals surface area contributed by atoms with Crippen molar-refractivity contribution in [2.75, 3.05) is 4.90 Å². The molecule has 126 valence electrons. The van der Waals surface area contributed by atoms with Gasteiger partial charge in [0.15, 0.2) is 0 Å². The summed E-state index contributed by atoms with van der Waals surface area (Å²) < 4.78 is 0. The first-order valence-electron chi connectivity index (χ1n) is 8.41. The van der Waals surface area contributed by atoms with Gasteiger partial charge in [0.05, 0.1) is 12.1 Å². The van der Waals surface area contributed by atoms with Crippen molar-refractivity contribution in [3.8, 4) is 0 Å². The van der Waals surface area contributed by atoms with E-state index in [1.165, 1.54) is 4.90 Å². The number of fused-ring (bicyclic) bond motifs is 1. The molecule has 1 aliphatic heterocycles. The summed E-state index contributed by atoms with van der Waals surface area (Å²) in [5.74, 6) is -0.776. The van der Waals surface area contributed by atoms with Crippen molar-refractivity contribution >= 4 is 23.4 Å². The Morgan fingerprint density at radius 3 is 2.64 bits per heavy atom. The van der Waals surface area contributed by atoms with E-state index in [9.17, 15) is 14.4 Å². The number of hydrogen-bond donors (Lipinski definition) is 1. The van der Waals surface area contributed by atoms with Crippen molar-refractivity contribution in [3.63, 3.8) is 0 Å². The topological polar surface area (TPSA) is 66.5 Å². The van der Waals surface area contributed by atoms with Gasteiger partial charge < -0.3 is 5.32 Å². The Kier molecular flexibility index (Phi) is 3.64. The van der Waals surface area contributed by atoms with Crippen molar-refractivity contribution in [1.82, 2.24) is 5.32 Å². The number of amides is 3. The van der Waals surface area contributed by atoms with Gasteiger partial charge in [-0.1, -0.05) is 24.3 Å². The van der Waals surface area contributed by atoms with Gasteiger partial charge in [-0.25, -0.2) is 4.90 Å². The van der Waals surface area contributed by atoms with Gasteiger partial charge in [0.25, 0.3) is 11.8 Å². The van der Waals surface area contributed by atoms with Crippen molar-refractivity contribution in [2.24, 2.45) is 0 Å². The van der Waals surface area contributed by atoms with Crippen LogP contribution in [0.15, 0.2) is 42.5 Å². The van der Waals surface area contributed by atoms with E-state index in [2.05, 4.69) is 5.32 Å². The molecule has 3 amide bonds. The van der Waals surface area contributed by atoms with Crippen LogP contribution in [0.5, 0.6) is 0 Å². The zero-order chi connectivity index (χ0) is 17.6. The molecule has 1 saturated carbocycles. The molecule has 1 heterocycles. The van der Waals surface area contributed by atoms with Crippen LogP contribution in [0.4, 0.5) is 5.69 Å². The third-order valence-corrected chi connectivity index (χ3v) is 4.67. The van der Waals surface area contributed by atoms with Gasteiger partial charge in [0.1, 0.15) is 0 Å². The predicted molar refractivity (Wildman–Crippen MR) is 93.6 cm³/mol. The molecule has 5 heteroatoms. The van der Waals surface area contributed by atoms with E-state index < -0.39 is 0 Å². The minimum atomic E-state index is -0.338. The fourth-order valence-electron chi connectivity index (χ4n) is 3.09. The molecule has 0 bridgehead atoms.